The first kappa shape index (κ1) is 21.1. The SMILES string of the molecule is Cc1cc2c(N)nccc2c(C)c1CNc1cc2c(ccn2Cc2ccc3ncccc3c2)cn1. The number of anilines is 2. The lowest BCUT2D eigenvalue weighted by Gasteiger charge is -2.15. The fourth-order valence-corrected chi connectivity index (χ4v) is 4.92. The first-order chi connectivity index (χ1) is 17.1. The second-order valence-electron chi connectivity index (χ2n) is 9.04. The largest absolute Gasteiger partial charge is 0.383 e. The Balaban J connectivity index is 1.28. The van der Waals surface area contributed by atoms with Gasteiger partial charge in [0.15, 0.2) is 0 Å². The van der Waals surface area contributed by atoms with Crippen molar-refractivity contribution in [2.24, 2.45) is 0 Å². The molecule has 0 saturated heterocycles. The first-order valence-corrected chi connectivity index (χ1v) is 11.7. The molecule has 172 valence electrons. The van der Waals surface area contributed by atoms with Crippen molar-refractivity contribution < 1.29 is 0 Å². The normalized spacial score (nSPS) is 11.5. The summed E-state index contributed by atoms with van der Waals surface area (Å²) < 4.78 is 2.27. The van der Waals surface area contributed by atoms with E-state index in [9.17, 15) is 0 Å². The van der Waals surface area contributed by atoms with E-state index < -0.39 is 0 Å². The van der Waals surface area contributed by atoms with Crippen molar-refractivity contribution in [2.75, 3.05) is 11.1 Å². The maximum Gasteiger partial charge on any atom is 0.131 e. The van der Waals surface area contributed by atoms with Crippen LogP contribution in [-0.2, 0) is 13.1 Å². The maximum absolute atomic E-state index is 6.11. The molecule has 0 fully saturated rings. The highest BCUT2D eigenvalue weighted by Gasteiger charge is 2.11. The zero-order chi connectivity index (χ0) is 23.9. The van der Waals surface area contributed by atoms with Gasteiger partial charge in [0.25, 0.3) is 0 Å². The summed E-state index contributed by atoms with van der Waals surface area (Å²) in [5, 5.41) is 7.97. The third kappa shape index (κ3) is 3.83. The third-order valence-corrected chi connectivity index (χ3v) is 6.84. The predicted molar refractivity (Wildman–Crippen MR) is 144 cm³/mol. The van der Waals surface area contributed by atoms with Crippen LogP contribution in [0.3, 0.4) is 0 Å². The number of hydrogen-bond donors (Lipinski definition) is 2. The molecular weight excluding hydrogens is 432 g/mol. The molecule has 0 aliphatic heterocycles. The van der Waals surface area contributed by atoms with Crippen LogP contribution in [0.25, 0.3) is 32.6 Å². The van der Waals surface area contributed by atoms with Crippen LogP contribution in [0.1, 0.15) is 22.3 Å². The number of nitrogens with two attached hydrogens (primary N) is 1. The summed E-state index contributed by atoms with van der Waals surface area (Å²) in [6.45, 7) is 5.74. The lowest BCUT2D eigenvalue weighted by Crippen LogP contribution is -2.06. The van der Waals surface area contributed by atoms with Crippen molar-refractivity contribution in [3.63, 3.8) is 0 Å². The molecule has 0 bridgehead atoms. The summed E-state index contributed by atoms with van der Waals surface area (Å²) in [7, 11) is 0. The smallest absolute Gasteiger partial charge is 0.131 e. The van der Waals surface area contributed by atoms with Gasteiger partial charge in [0.2, 0.25) is 0 Å². The van der Waals surface area contributed by atoms with Gasteiger partial charge in [-0.2, -0.15) is 0 Å². The maximum atomic E-state index is 6.11. The first-order valence-electron chi connectivity index (χ1n) is 11.7. The van der Waals surface area contributed by atoms with E-state index in [1.54, 1.807) is 6.20 Å². The molecule has 0 atom stereocenters. The minimum absolute atomic E-state index is 0.573. The van der Waals surface area contributed by atoms with Gasteiger partial charge in [-0.15, -0.1) is 0 Å². The van der Waals surface area contributed by atoms with E-state index >= 15 is 0 Å². The number of rotatable bonds is 5. The third-order valence-electron chi connectivity index (χ3n) is 6.84. The van der Waals surface area contributed by atoms with Crippen LogP contribution in [0.2, 0.25) is 0 Å². The molecule has 0 spiro atoms. The Morgan fingerprint density at radius 2 is 1.80 bits per heavy atom. The quantitative estimate of drug-likeness (QED) is 0.331. The molecule has 3 N–H and O–H groups in total. The molecule has 6 aromatic rings. The molecular formula is C29H26N6. The topological polar surface area (TPSA) is 81.6 Å². The Bertz CT molecular complexity index is 1720. The van der Waals surface area contributed by atoms with Crippen molar-refractivity contribution in [1.82, 2.24) is 19.5 Å². The van der Waals surface area contributed by atoms with Crippen molar-refractivity contribution in [3.05, 3.63) is 102 Å². The van der Waals surface area contributed by atoms with Gasteiger partial charge >= 0.3 is 0 Å². The molecule has 6 heteroatoms. The zero-order valence-corrected chi connectivity index (χ0v) is 19.8. The summed E-state index contributed by atoms with van der Waals surface area (Å²) in [6, 6.07) is 18.9. The Labute approximate surface area is 203 Å². The Morgan fingerprint density at radius 1 is 0.886 bits per heavy atom. The number of fused-ring (bicyclic) bond motifs is 3. The van der Waals surface area contributed by atoms with Gasteiger partial charge in [-0.05, 0) is 77.9 Å². The van der Waals surface area contributed by atoms with Gasteiger partial charge in [-0.3, -0.25) is 4.98 Å². The number of hydrogen-bond acceptors (Lipinski definition) is 5. The van der Waals surface area contributed by atoms with E-state index in [0.717, 1.165) is 44.9 Å². The van der Waals surface area contributed by atoms with Crippen LogP contribution in [-0.4, -0.2) is 19.5 Å². The van der Waals surface area contributed by atoms with E-state index in [1.807, 2.05) is 24.5 Å². The van der Waals surface area contributed by atoms with Crippen LogP contribution in [0, 0.1) is 13.8 Å². The number of pyridine rings is 3. The molecule has 0 aliphatic carbocycles. The van der Waals surface area contributed by atoms with Gasteiger partial charge in [-0.25, -0.2) is 9.97 Å². The van der Waals surface area contributed by atoms with E-state index in [4.69, 9.17) is 5.73 Å². The van der Waals surface area contributed by atoms with Crippen molar-refractivity contribution in [2.45, 2.75) is 26.9 Å². The number of aromatic nitrogens is 4. The Morgan fingerprint density at radius 3 is 2.71 bits per heavy atom. The highest BCUT2D eigenvalue weighted by Crippen LogP contribution is 2.29. The fourth-order valence-electron chi connectivity index (χ4n) is 4.92. The van der Waals surface area contributed by atoms with Crippen LogP contribution in [0.5, 0.6) is 0 Å². The minimum Gasteiger partial charge on any atom is -0.383 e. The van der Waals surface area contributed by atoms with Crippen molar-refractivity contribution in [3.8, 4) is 0 Å². The number of aryl methyl sites for hydroxylation is 2. The van der Waals surface area contributed by atoms with Crippen molar-refractivity contribution in [1.29, 1.82) is 0 Å². The van der Waals surface area contributed by atoms with E-state index in [1.165, 1.54) is 22.3 Å². The number of nitrogens with one attached hydrogen (secondary N) is 1. The molecule has 0 unspecified atom stereocenters. The summed E-state index contributed by atoms with van der Waals surface area (Å²) in [4.78, 5) is 13.3. The van der Waals surface area contributed by atoms with Crippen molar-refractivity contribution >= 4 is 44.2 Å². The molecule has 6 rings (SSSR count). The Hall–Kier alpha value is -4.45. The van der Waals surface area contributed by atoms with Gasteiger partial charge in [0.1, 0.15) is 11.6 Å². The summed E-state index contributed by atoms with van der Waals surface area (Å²) in [5.74, 6) is 1.43. The predicted octanol–water partition coefficient (Wildman–Crippen LogP) is 5.99. The molecule has 0 saturated carbocycles. The Kier molecular flexibility index (Phi) is 5.07. The number of nitrogens with zero attached hydrogens (tertiary/aromatic N) is 4. The highest BCUT2D eigenvalue weighted by molar-refractivity contribution is 5.94. The molecule has 4 aromatic heterocycles. The summed E-state index contributed by atoms with van der Waals surface area (Å²) >= 11 is 0. The lowest BCUT2D eigenvalue weighted by atomic mass is 9.96. The zero-order valence-electron chi connectivity index (χ0n) is 19.8. The average molecular weight is 459 g/mol. The summed E-state index contributed by atoms with van der Waals surface area (Å²) in [5.41, 5.74) is 13.2. The van der Waals surface area contributed by atoms with Gasteiger partial charge in [-0.1, -0.05) is 12.1 Å². The molecule has 4 heterocycles. The minimum atomic E-state index is 0.573. The molecule has 2 aromatic carbocycles. The number of nitrogen functional groups attached to an aromatic ring is 1. The molecule has 0 radical (unpaired) electrons. The standard InChI is InChI=1S/C29H26N6/c1-18-12-24-23(7-10-32-29(24)30)19(2)25(18)16-34-28-14-27-22(15-33-28)8-11-35(27)17-20-5-6-26-21(13-20)4-3-9-31-26/h3-15H,16-17H2,1-2H3,(H2,30,32)(H,33,34). The second-order valence-corrected chi connectivity index (χ2v) is 9.04. The van der Waals surface area contributed by atoms with Crippen LogP contribution in [0.4, 0.5) is 11.6 Å². The highest BCUT2D eigenvalue weighted by atomic mass is 15.0. The second kappa shape index (κ2) is 8.40. The monoisotopic (exact) mass is 458 g/mol. The molecule has 0 aliphatic rings. The molecule has 35 heavy (non-hydrogen) atoms. The van der Waals surface area contributed by atoms with Crippen LogP contribution >= 0.6 is 0 Å². The summed E-state index contributed by atoms with van der Waals surface area (Å²) in [6.07, 6.45) is 7.66. The van der Waals surface area contributed by atoms with E-state index in [2.05, 4.69) is 87.3 Å². The molecule has 0 amide bonds. The van der Waals surface area contributed by atoms with Gasteiger partial charge in [0, 0.05) is 60.1 Å². The van der Waals surface area contributed by atoms with Crippen LogP contribution < -0.4 is 11.1 Å². The molecule has 6 nitrogen and oxygen atoms in total. The average Bonchev–Trinajstić information content (AvgIpc) is 3.26. The fraction of sp³-hybridized carbons (Fsp3) is 0.138. The van der Waals surface area contributed by atoms with Gasteiger partial charge < -0.3 is 15.6 Å². The van der Waals surface area contributed by atoms with E-state index in [0.29, 0.717) is 12.4 Å². The lowest BCUT2D eigenvalue weighted by molar-refractivity contribution is 0.837. The van der Waals surface area contributed by atoms with E-state index in [-0.39, 0.29) is 0 Å². The van der Waals surface area contributed by atoms with Crippen LogP contribution in [0.15, 0.2) is 79.4 Å². The number of benzene rings is 2. The van der Waals surface area contributed by atoms with Gasteiger partial charge in [0.05, 0.1) is 11.0 Å².